The van der Waals surface area contributed by atoms with Gasteiger partial charge in [0.2, 0.25) is 0 Å². The highest BCUT2D eigenvalue weighted by Gasteiger charge is 2.24. The van der Waals surface area contributed by atoms with Crippen LogP contribution in [0.15, 0.2) is 79.1 Å². The van der Waals surface area contributed by atoms with Crippen molar-refractivity contribution in [3.63, 3.8) is 0 Å². The van der Waals surface area contributed by atoms with Crippen molar-refractivity contribution in [1.82, 2.24) is 14.3 Å². The second-order valence-electron chi connectivity index (χ2n) is 7.85. The zero-order valence-electron chi connectivity index (χ0n) is 18.6. The molecule has 1 atom stereocenters. The highest BCUT2D eigenvalue weighted by atomic mass is 19.1. The van der Waals surface area contributed by atoms with Crippen LogP contribution < -0.4 is 4.74 Å². The summed E-state index contributed by atoms with van der Waals surface area (Å²) < 4.78 is 26.6. The number of halogens is 1. The third kappa shape index (κ3) is 5.38. The van der Waals surface area contributed by atoms with Crippen molar-refractivity contribution in [2.24, 2.45) is 0 Å². The Bertz CT molecular complexity index is 1190. The number of amides is 1. The molecule has 4 rings (SSSR count). The van der Waals surface area contributed by atoms with Crippen molar-refractivity contribution in [3.05, 3.63) is 102 Å². The summed E-state index contributed by atoms with van der Waals surface area (Å²) in [5.74, 6) is 0.177. The first kappa shape index (κ1) is 22.5. The minimum atomic E-state index is -0.289. The van der Waals surface area contributed by atoms with E-state index in [1.807, 2.05) is 60.0 Å². The van der Waals surface area contributed by atoms with Gasteiger partial charge in [-0.3, -0.25) is 4.79 Å². The summed E-state index contributed by atoms with van der Waals surface area (Å²) in [7, 11) is 1.62. The first-order valence-corrected chi connectivity index (χ1v) is 10.7. The molecule has 0 fully saturated rings. The number of carbonyl (C=O) groups is 1. The van der Waals surface area contributed by atoms with Gasteiger partial charge in [-0.1, -0.05) is 36.4 Å². The number of imidazole rings is 1. The van der Waals surface area contributed by atoms with Crippen LogP contribution >= 0.6 is 0 Å². The predicted molar refractivity (Wildman–Crippen MR) is 124 cm³/mol. The van der Waals surface area contributed by atoms with Crippen LogP contribution in [0.25, 0.3) is 5.65 Å². The van der Waals surface area contributed by atoms with E-state index in [0.29, 0.717) is 30.2 Å². The summed E-state index contributed by atoms with van der Waals surface area (Å²) in [6.45, 7) is 2.90. The molecule has 7 heteroatoms. The van der Waals surface area contributed by atoms with E-state index in [0.717, 1.165) is 11.2 Å². The molecule has 6 nitrogen and oxygen atoms in total. The van der Waals surface area contributed by atoms with Gasteiger partial charge in [0, 0.05) is 31.6 Å². The molecule has 0 N–H and O–H groups in total. The summed E-state index contributed by atoms with van der Waals surface area (Å²) in [5, 5.41) is 0. The summed E-state index contributed by atoms with van der Waals surface area (Å²) in [4.78, 5) is 19.6. The zero-order valence-corrected chi connectivity index (χ0v) is 18.6. The SMILES string of the molecule is COC[C@H](C)N(Cc1ccc(OCc2ccccc2F)cc1)C(=O)c1cn2ccccc2n1. The minimum Gasteiger partial charge on any atom is -0.489 e. The van der Waals surface area contributed by atoms with Crippen molar-refractivity contribution in [2.75, 3.05) is 13.7 Å². The Balaban J connectivity index is 1.47. The van der Waals surface area contributed by atoms with Crippen LogP contribution in [-0.4, -0.2) is 40.0 Å². The van der Waals surface area contributed by atoms with E-state index in [1.165, 1.54) is 6.07 Å². The number of rotatable bonds is 9. The van der Waals surface area contributed by atoms with E-state index in [9.17, 15) is 9.18 Å². The van der Waals surface area contributed by atoms with Crippen molar-refractivity contribution < 1.29 is 18.7 Å². The molecular formula is C26H26FN3O3. The average molecular weight is 448 g/mol. The van der Waals surface area contributed by atoms with Crippen LogP contribution in [0.2, 0.25) is 0 Å². The van der Waals surface area contributed by atoms with Gasteiger partial charge in [-0.05, 0) is 42.8 Å². The van der Waals surface area contributed by atoms with E-state index in [2.05, 4.69) is 4.98 Å². The molecule has 0 saturated carbocycles. The fourth-order valence-electron chi connectivity index (χ4n) is 3.61. The Hall–Kier alpha value is -3.71. The molecule has 2 aromatic carbocycles. The molecule has 33 heavy (non-hydrogen) atoms. The molecule has 2 heterocycles. The maximum absolute atomic E-state index is 13.8. The van der Waals surface area contributed by atoms with E-state index in [4.69, 9.17) is 9.47 Å². The Morgan fingerprint density at radius 2 is 1.85 bits per heavy atom. The standard InChI is InChI=1S/C26H26FN3O3/c1-19(17-32-2)30(26(31)24-16-29-14-6-5-9-25(29)28-24)15-20-10-12-22(13-11-20)33-18-21-7-3-4-8-23(21)27/h3-14,16,19H,15,17-18H2,1-2H3/t19-/m0/s1. The number of hydrogen-bond donors (Lipinski definition) is 0. The van der Waals surface area contributed by atoms with Crippen LogP contribution in [0.5, 0.6) is 5.75 Å². The number of pyridine rings is 1. The summed E-state index contributed by atoms with van der Waals surface area (Å²) in [5.41, 5.74) is 2.54. The number of methoxy groups -OCH3 is 1. The van der Waals surface area contributed by atoms with Crippen molar-refractivity contribution in [3.8, 4) is 5.75 Å². The fourth-order valence-corrected chi connectivity index (χ4v) is 3.61. The fraction of sp³-hybridized carbons (Fsp3) is 0.231. The Morgan fingerprint density at radius 1 is 1.09 bits per heavy atom. The number of benzene rings is 2. The van der Waals surface area contributed by atoms with Gasteiger partial charge < -0.3 is 18.8 Å². The smallest absolute Gasteiger partial charge is 0.274 e. The lowest BCUT2D eigenvalue weighted by Crippen LogP contribution is -2.40. The Labute approximate surface area is 192 Å². The van der Waals surface area contributed by atoms with Gasteiger partial charge in [-0.2, -0.15) is 0 Å². The van der Waals surface area contributed by atoms with Crippen LogP contribution in [0.4, 0.5) is 4.39 Å². The molecule has 0 saturated heterocycles. The summed E-state index contributed by atoms with van der Waals surface area (Å²) in [6, 6.07) is 19.5. The van der Waals surface area contributed by atoms with Crippen LogP contribution in [-0.2, 0) is 17.9 Å². The molecule has 0 aliphatic rings. The third-order valence-corrected chi connectivity index (χ3v) is 5.41. The van der Waals surface area contributed by atoms with Gasteiger partial charge in [-0.25, -0.2) is 9.37 Å². The maximum Gasteiger partial charge on any atom is 0.274 e. The van der Waals surface area contributed by atoms with Crippen LogP contribution in [0, 0.1) is 5.82 Å². The largest absolute Gasteiger partial charge is 0.489 e. The highest BCUT2D eigenvalue weighted by molar-refractivity contribution is 5.93. The molecule has 0 spiro atoms. The molecule has 2 aromatic heterocycles. The monoisotopic (exact) mass is 447 g/mol. The molecule has 0 bridgehead atoms. The lowest BCUT2D eigenvalue weighted by atomic mass is 10.1. The van der Waals surface area contributed by atoms with Gasteiger partial charge in [0.25, 0.3) is 5.91 Å². The number of nitrogens with zero attached hydrogens (tertiary/aromatic N) is 3. The molecule has 1 amide bonds. The van der Waals surface area contributed by atoms with Gasteiger partial charge >= 0.3 is 0 Å². The van der Waals surface area contributed by atoms with Gasteiger partial charge in [0.15, 0.2) is 0 Å². The molecule has 0 aliphatic heterocycles. The van der Waals surface area contributed by atoms with Crippen molar-refractivity contribution in [1.29, 1.82) is 0 Å². The Morgan fingerprint density at radius 3 is 2.58 bits per heavy atom. The molecule has 0 aliphatic carbocycles. The van der Waals surface area contributed by atoms with E-state index in [-0.39, 0.29) is 24.4 Å². The second kappa shape index (κ2) is 10.3. The number of carbonyl (C=O) groups excluding carboxylic acids is 1. The second-order valence-corrected chi connectivity index (χ2v) is 7.85. The molecule has 4 aromatic rings. The number of hydrogen-bond acceptors (Lipinski definition) is 4. The number of fused-ring (bicyclic) bond motifs is 1. The minimum absolute atomic E-state index is 0.148. The molecular weight excluding hydrogens is 421 g/mol. The predicted octanol–water partition coefficient (Wildman–Crippen LogP) is 4.73. The maximum atomic E-state index is 13.8. The molecule has 0 unspecified atom stereocenters. The van der Waals surface area contributed by atoms with Crippen LogP contribution in [0.1, 0.15) is 28.5 Å². The van der Waals surface area contributed by atoms with E-state index >= 15 is 0 Å². The van der Waals surface area contributed by atoms with Crippen molar-refractivity contribution in [2.45, 2.75) is 26.1 Å². The third-order valence-electron chi connectivity index (χ3n) is 5.41. The van der Waals surface area contributed by atoms with Gasteiger partial charge in [0.1, 0.15) is 29.5 Å². The Kier molecular flexibility index (Phi) is 7.00. The van der Waals surface area contributed by atoms with Crippen molar-refractivity contribution >= 4 is 11.6 Å². The van der Waals surface area contributed by atoms with E-state index in [1.54, 1.807) is 36.4 Å². The lowest BCUT2D eigenvalue weighted by Gasteiger charge is -2.28. The number of ether oxygens (including phenoxy) is 2. The number of aromatic nitrogens is 2. The summed E-state index contributed by atoms with van der Waals surface area (Å²) in [6.07, 6.45) is 3.60. The first-order chi connectivity index (χ1) is 16.0. The normalized spacial score (nSPS) is 12.0. The van der Waals surface area contributed by atoms with E-state index < -0.39 is 0 Å². The highest BCUT2D eigenvalue weighted by Crippen LogP contribution is 2.19. The topological polar surface area (TPSA) is 56.1 Å². The summed E-state index contributed by atoms with van der Waals surface area (Å²) >= 11 is 0. The average Bonchev–Trinajstić information content (AvgIpc) is 3.27. The molecule has 0 radical (unpaired) electrons. The van der Waals surface area contributed by atoms with Crippen LogP contribution in [0.3, 0.4) is 0 Å². The quantitative estimate of drug-likeness (QED) is 0.372. The van der Waals surface area contributed by atoms with Gasteiger partial charge in [0.05, 0.1) is 12.6 Å². The lowest BCUT2D eigenvalue weighted by molar-refractivity contribution is 0.0537. The van der Waals surface area contributed by atoms with Gasteiger partial charge in [-0.15, -0.1) is 0 Å². The first-order valence-electron chi connectivity index (χ1n) is 10.7. The molecule has 170 valence electrons. The zero-order chi connectivity index (χ0) is 23.2.